The molecule has 0 unspecified atom stereocenters. The highest BCUT2D eigenvalue weighted by Crippen LogP contribution is 2.28. The summed E-state index contributed by atoms with van der Waals surface area (Å²) in [7, 11) is 0. The highest BCUT2D eigenvalue weighted by Gasteiger charge is 2.09. The van der Waals surface area contributed by atoms with Gasteiger partial charge in [-0.3, -0.25) is 4.68 Å². The number of aromatic nitrogens is 2. The van der Waals surface area contributed by atoms with Gasteiger partial charge in [-0.25, -0.2) is 0 Å². The van der Waals surface area contributed by atoms with E-state index in [0.717, 1.165) is 23.5 Å². The molecule has 0 fully saturated rings. The molecule has 19 heavy (non-hydrogen) atoms. The maximum atomic E-state index is 5.97. The van der Waals surface area contributed by atoms with Gasteiger partial charge in [-0.2, -0.15) is 5.10 Å². The number of ether oxygens (including phenoxy) is 1. The lowest BCUT2D eigenvalue weighted by Gasteiger charge is -2.07. The lowest BCUT2D eigenvalue weighted by Crippen LogP contribution is -2.06. The van der Waals surface area contributed by atoms with Crippen LogP contribution in [0.4, 0.5) is 5.69 Å². The second-order valence-corrected chi connectivity index (χ2v) is 4.23. The van der Waals surface area contributed by atoms with Crippen molar-refractivity contribution in [1.29, 1.82) is 0 Å². The number of anilines is 1. The summed E-state index contributed by atoms with van der Waals surface area (Å²) in [5.74, 6) is 0.709. The van der Waals surface area contributed by atoms with E-state index in [2.05, 4.69) is 5.10 Å². The Morgan fingerprint density at radius 2 is 2.05 bits per heavy atom. The summed E-state index contributed by atoms with van der Waals surface area (Å²) in [6.45, 7) is 5.87. The topological polar surface area (TPSA) is 79.1 Å². The third kappa shape index (κ3) is 2.71. The Hall–Kier alpha value is -2.01. The van der Waals surface area contributed by atoms with Crippen LogP contribution in [0.25, 0.3) is 11.3 Å². The van der Waals surface area contributed by atoms with Gasteiger partial charge in [0, 0.05) is 18.7 Å². The molecule has 0 radical (unpaired) electrons. The van der Waals surface area contributed by atoms with Crippen LogP contribution in [0.2, 0.25) is 0 Å². The van der Waals surface area contributed by atoms with E-state index in [4.69, 9.17) is 16.2 Å². The largest absolute Gasteiger partial charge is 0.492 e. The van der Waals surface area contributed by atoms with Crippen LogP contribution in [0.5, 0.6) is 5.75 Å². The number of rotatable bonds is 5. The van der Waals surface area contributed by atoms with Gasteiger partial charge in [0.05, 0.1) is 23.7 Å². The Morgan fingerprint density at radius 3 is 2.58 bits per heavy atom. The van der Waals surface area contributed by atoms with Crippen molar-refractivity contribution >= 4 is 5.69 Å². The van der Waals surface area contributed by atoms with Crippen molar-refractivity contribution in [1.82, 2.24) is 9.78 Å². The highest BCUT2D eigenvalue weighted by molar-refractivity contribution is 5.68. The first kappa shape index (κ1) is 13.4. The van der Waals surface area contributed by atoms with Gasteiger partial charge >= 0.3 is 0 Å². The van der Waals surface area contributed by atoms with E-state index >= 15 is 0 Å². The molecule has 1 aromatic heterocycles. The normalized spacial score (nSPS) is 10.7. The number of aryl methyl sites for hydroxylation is 1. The molecular weight excluding hydrogens is 240 g/mol. The molecule has 0 aliphatic heterocycles. The van der Waals surface area contributed by atoms with Crippen molar-refractivity contribution in [2.75, 3.05) is 12.3 Å². The fourth-order valence-electron chi connectivity index (χ4n) is 2.03. The number of nitrogens with two attached hydrogens (primary N) is 2. The first-order valence-corrected chi connectivity index (χ1v) is 6.49. The Morgan fingerprint density at radius 1 is 1.26 bits per heavy atom. The van der Waals surface area contributed by atoms with E-state index in [1.807, 2.05) is 42.8 Å². The van der Waals surface area contributed by atoms with Gasteiger partial charge in [0.15, 0.2) is 0 Å². The van der Waals surface area contributed by atoms with E-state index in [1.165, 1.54) is 0 Å². The lowest BCUT2D eigenvalue weighted by atomic mass is 10.1. The predicted octanol–water partition coefficient (Wildman–Crippen LogP) is 2.01. The van der Waals surface area contributed by atoms with E-state index < -0.39 is 0 Å². The molecule has 0 bridgehead atoms. The Balaban J connectivity index is 2.36. The van der Waals surface area contributed by atoms with E-state index in [-0.39, 0.29) is 0 Å². The number of benzene rings is 1. The number of nitrogens with zero attached hydrogens (tertiary/aromatic N) is 2. The quantitative estimate of drug-likeness (QED) is 0.806. The average Bonchev–Trinajstić information content (AvgIpc) is 2.84. The standard InChI is InChI=1S/C14H20N4O/c1-3-18-11(9-15)8-13(17-18)10-5-6-14(19-4-2)12(16)7-10/h5-8H,3-4,9,15-16H2,1-2H3. The number of nitrogen functional groups attached to an aromatic ring is 1. The van der Waals surface area contributed by atoms with Gasteiger partial charge < -0.3 is 16.2 Å². The third-order valence-corrected chi connectivity index (χ3v) is 2.98. The summed E-state index contributed by atoms with van der Waals surface area (Å²) in [6.07, 6.45) is 0. The van der Waals surface area contributed by atoms with Gasteiger partial charge in [0.2, 0.25) is 0 Å². The molecule has 0 amide bonds. The van der Waals surface area contributed by atoms with E-state index in [9.17, 15) is 0 Å². The zero-order valence-electron chi connectivity index (χ0n) is 11.4. The smallest absolute Gasteiger partial charge is 0.142 e. The minimum atomic E-state index is 0.480. The number of hydrogen-bond donors (Lipinski definition) is 2. The molecule has 102 valence electrons. The van der Waals surface area contributed by atoms with Gasteiger partial charge in [-0.15, -0.1) is 0 Å². The maximum Gasteiger partial charge on any atom is 0.142 e. The number of hydrogen-bond acceptors (Lipinski definition) is 4. The third-order valence-electron chi connectivity index (χ3n) is 2.98. The fourth-order valence-corrected chi connectivity index (χ4v) is 2.03. The Labute approximate surface area is 113 Å². The second kappa shape index (κ2) is 5.75. The van der Waals surface area contributed by atoms with Gasteiger partial charge in [-0.05, 0) is 38.1 Å². The van der Waals surface area contributed by atoms with Crippen molar-refractivity contribution < 1.29 is 4.74 Å². The summed E-state index contributed by atoms with van der Waals surface area (Å²) < 4.78 is 7.33. The monoisotopic (exact) mass is 260 g/mol. The van der Waals surface area contributed by atoms with Crippen LogP contribution in [-0.2, 0) is 13.1 Å². The molecule has 2 rings (SSSR count). The molecule has 0 aliphatic rings. The first-order valence-electron chi connectivity index (χ1n) is 6.49. The maximum absolute atomic E-state index is 5.97. The predicted molar refractivity (Wildman–Crippen MR) is 76.8 cm³/mol. The van der Waals surface area contributed by atoms with Crippen LogP contribution < -0.4 is 16.2 Å². The van der Waals surface area contributed by atoms with Crippen LogP contribution >= 0.6 is 0 Å². The fraction of sp³-hybridized carbons (Fsp3) is 0.357. The molecule has 0 atom stereocenters. The Kier molecular flexibility index (Phi) is 4.06. The molecular formula is C14H20N4O. The van der Waals surface area contributed by atoms with Crippen LogP contribution in [-0.4, -0.2) is 16.4 Å². The molecule has 2 aromatic rings. The van der Waals surface area contributed by atoms with Crippen LogP contribution in [0, 0.1) is 0 Å². The first-order chi connectivity index (χ1) is 9.19. The lowest BCUT2D eigenvalue weighted by molar-refractivity contribution is 0.342. The van der Waals surface area contributed by atoms with Crippen LogP contribution in [0.3, 0.4) is 0 Å². The van der Waals surface area contributed by atoms with Crippen molar-refractivity contribution in [2.45, 2.75) is 26.9 Å². The summed E-state index contributed by atoms with van der Waals surface area (Å²) >= 11 is 0. The Bertz CT molecular complexity index is 541. The average molecular weight is 260 g/mol. The summed E-state index contributed by atoms with van der Waals surface area (Å²) in [5.41, 5.74) is 15.2. The molecule has 0 saturated heterocycles. The van der Waals surface area contributed by atoms with Crippen LogP contribution in [0.1, 0.15) is 19.5 Å². The molecule has 0 aliphatic carbocycles. The molecule has 5 heteroatoms. The highest BCUT2D eigenvalue weighted by atomic mass is 16.5. The van der Waals surface area contributed by atoms with Gasteiger partial charge in [0.25, 0.3) is 0 Å². The summed E-state index contributed by atoms with van der Waals surface area (Å²) in [4.78, 5) is 0. The molecule has 0 saturated carbocycles. The van der Waals surface area contributed by atoms with Gasteiger partial charge in [-0.1, -0.05) is 0 Å². The van der Waals surface area contributed by atoms with Crippen molar-refractivity contribution in [3.63, 3.8) is 0 Å². The molecule has 0 spiro atoms. The van der Waals surface area contributed by atoms with Crippen molar-refractivity contribution in [3.05, 3.63) is 30.0 Å². The van der Waals surface area contributed by atoms with Gasteiger partial charge in [0.1, 0.15) is 5.75 Å². The van der Waals surface area contributed by atoms with Crippen molar-refractivity contribution in [2.24, 2.45) is 5.73 Å². The minimum absolute atomic E-state index is 0.480. The molecule has 1 heterocycles. The summed E-state index contributed by atoms with van der Waals surface area (Å²) in [6, 6.07) is 7.72. The van der Waals surface area contributed by atoms with Crippen LogP contribution in [0.15, 0.2) is 24.3 Å². The molecule has 4 N–H and O–H groups in total. The van der Waals surface area contributed by atoms with Crippen molar-refractivity contribution in [3.8, 4) is 17.0 Å². The second-order valence-electron chi connectivity index (χ2n) is 4.23. The van der Waals surface area contributed by atoms with E-state index in [1.54, 1.807) is 0 Å². The summed E-state index contributed by atoms with van der Waals surface area (Å²) in [5, 5.41) is 4.53. The zero-order valence-corrected chi connectivity index (χ0v) is 11.4. The zero-order chi connectivity index (χ0) is 13.8. The molecule has 1 aromatic carbocycles. The van der Waals surface area contributed by atoms with E-state index in [0.29, 0.717) is 24.6 Å². The molecule has 5 nitrogen and oxygen atoms in total. The minimum Gasteiger partial charge on any atom is -0.492 e. The SMILES string of the molecule is CCOc1ccc(-c2cc(CN)n(CC)n2)cc1N.